The SMILES string of the molecule is Oc1ccccc1N1CCN(CC(O)c2ccc(F)cc2)CC1. The summed E-state index contributed by atoms with van der Waals surface area (Å²) in [4.78, 5) is 4.33. The highest BCUT2D eigenvalue weighted by Gasteiger charge is 2.21. The van der Waals surface area contributed by atoms with Crippen molar-refractivity contribution in [3.63, 3.8) is 0 Å². The molecule has 1 saturated heterocycles. The third-order valence-electron chi connectivity index (χ3n) is 4.28. The minimum Gasteiger partial charge on any atom is -0.506 e. The molecular weight excluding hydrogens is 295 g/mol. The fourth-order valence-corrected chi connectivity index (χ4v) is 2.94. The average molecular weight is 316 g/mol. The molecule has 0 radical (unpaired) electrons. The summed E-state index contributed by atoms with van der Waals surface area (Å²) in [5, 5.41) is 20.2. The number of phenolic OH excluding ortho intramolecular Hbond substituents is 1. The van der Waals surface area contributed by atoms with E-state index >= 15 is 0 Å². The Balaban J connectivity index is 1.55. The Hall–Kier alpha value is -2.11. The van der Waals surface area contributed by atoms with Crippen LogP contribution >= 0.6 is 0 Å². The van der Waals surface area contributed by atoms with E-state index < -0.39 is 6.10 Å². The number of β-amino-alcohol motifs (C(OH)–C–C–N with tert-alkyl or cyclic N) is 1. The van der Waals surface area contributed by atoms with Gasteiger partial charge >= 0.3 is 0 Å². The first-order valence-electron chi connectivity index (χ1n) is 7.82. The Morgan fingerprint density at radius 2 is 1.61 bits per heavy atom. The van der Waals surface area contributed by atoms with Gasteiger partial charge in [0, 0.05) is 32.7 Å². The minimum absolute atomic E-state index is 0.294. The number of benzene rings is 2. The molecule has 2 aromatic carbocycles. The Kier molecular flexibility index (Phi) is 4.79. The Labute approximate surface area is 135 Å². The predicted molar refractivity (Wildman–Crippen MR) is 88.1 cm³/mol. The van der Waals surface area contributed by atoms with Crippen LogP contribution in [0.15, 0.2) is 48.5 Å². The second kappa shape index (κ2) is 6.98. The number of aliphatic hydroxyl groups excluding tert-OH is 1. The quantitative estimate of drug-likeness (QED) is 0.909. The number of para-hydroxylation sites is 2. The third kappa shape index (κ3) is 3.81. The van der Waals surface area contributed by atoms with Crippen molar-refractivity contribution >= 4 is 5.69 Å². The fraction of sp³-hybridized carbons (Fsp3) is 0.333. The lowest BCUT2D eigenvalue weighted by Crippen LogP contribution is -2.47. The number of phenols is 1. The topological polar surface area (TPSA) is 46.9 Å². The molecule has 1 aliphatic heterocycles. The Morgan fingerprint density at radius 1 is 0.957 bits per heavy atom. The molecule has 0 saturated carbocycles. The standard InChI is InChI=1S/C18H21FN2O2/c19-15-7-5-14(6-8-15)18(23)13-20-9-11-21(12-10-20)16-3-1-2-4-17(16)22/h1-8,18,22-23H,9-13H2. The van der Waals surface area contributed by atoms with Gasteiger partial charge in [-0.2, -0.15) is 0 Å². The van der Waals surface area contributed by atoms with Crippen LogP contribution in [-0.4, -0.2) is 47.8 Å². The van der Waals surface area contributed by atoms with Gasteiger partial charge in [0.15, 0.2) is 0 Å². The van der Waals surface area contributed by atoms with Gasteiger partial charge < -0.3 is 15.1 Å². The molecule has 1 aliphatic rings. The number of halogens is 1. The molecule has 1 heterocycles. The number of hydrogen-bond acceptors (Lipinski definition) is 4. The van der Waals surface area contributed by atoms with Crippen LogP contribution in [0.5, 0.6) is 5.75 Å². The lowest BCUT2D eigenvalue weighted by Gasteiger charge is -2.37. The molecule has 2 N–H and O–H groups in total. The summed E-state index contributed by atoms with van der Waals surface area (Å²) in [7, 11) is 0. The van der Waals surface area contributed by atoms with E-state index in [2.05, 4.69) is 9.80 Å². The average Bonchev–Trinajstić information content (AvgIpc) is 2.57. The second-order valence-electron chi connectivity index (χ2n) is 5.84. The highest BCUT2D eigenvalue weighted by Crippen LogP contribution is 2.27. The van der Waals surface area contributed by atoms with E-state index in [1.165, 1.54) is 12.1 Å². The van der Waals surface area contributed by atoms with E-state index in [0.717, 1.165) is 37.4 Å². The summed E-state index contributed by atoms with van der Waals surface area (Å²) < 4.78 is 12.9. The van der Waals surface area contributed by atoms with Crippen LogP contribution < -0.4 is 4.90 Å². The summed E-state index contributed by atoms with van der Waals surface area (Å²) in [6.45, 7) is 3.75. The van der Waals surface area contributed by atoms with Gasteiger partial charge in [-0.1, -0.05) is 24.3 Å². The monoisotopic (exact) mass is 316 g/mol. The van der Waals surface area contributed by atoms with Crippen LogP contribution in [0.1, 0.15) is 11.7 Å². The fourth-order valence-electron chi connectivity index (χ4n) is 2.94. The third-order valence-corrected chi connectivity index (χ3v) is 4.28. The summed E-state index contributed by atoms with van der Waals surface area (Å²) >= 11 is 0. The summed E-state index contributed by atoms with van der Waals surface area (Å²) in [5.74, 6) is 0.00419. The van der Waals surface area contributed by atoms with Crippen LogP contribution in [0, 0.1) is 5.82 Å². The molecular formula is C18H21FN2O2. The summed E-state index contributed by atoms with van der Waals surface area (Å²) in [6.07, 6.45) is -0.618. The molecule has 3 rings (SSSR count). The molecule has 1 fully saturated rings. The number of hydrogen-bond donors (Lipinski definition) is 2. The van der Waals surface area contributed by atoms with Crippen molar-refractivity contribution in [1.29, 1.82) is 0 Å². The van der Waals surface area contributed by atoms with Crippen LogP contribution in [0.3, 0.4) is 0 Å². The molecule has 0 spiro atoms. The molecule has 0 aromatic heterocycles. The molecule has 122 valence electrons. The molecule has 1 atom stereocenters. The molecule has 0 aliphatic carbocycles. The summed E-state index contributed by atoms with van der Waals surface area (Å²) in [6, 6.07) is 13.3. The normalized spacial score (nSPS) is 17.2. The van der Waals surface area contributed by atoms with Crippen LogP contribution in [0.2, 0.25) is 0 Å². The van der Waals surface area contributed by atoms with E-state index in [9.17, 15) is 14.6 Å². The van der Waals surface area contributed by atoms with E-state index in [1.54, 1.807) is 18.2 Å². The van der Waals surface area contributed by atoms with Gasteiger partial charge in [0.05, 0.1) is 11.8 Å². The van der Waals surface area contributed by atoms with Crippen molar-refractivity contribution in [2.75, 3.05) is 37.6 Å². The predicted octanol–water partition coefficient (Wildman–Crippen LogP) is 2.39. The van der Waals surface area contributed by atoms with Gasteiger partial charge in [0.2, 0.25) is 0 Å². The maximum atomic E-state index is 12.9. The molecule has 2 aromatic rings. The second-order valence-corrected chi connectivity index (χ2v) is 5.84. The zero-order chi connectivity index (χ0) is 16.2. The number of nitrogens with zero attached hydrogens (tertiary/aromatic N) is 2. The first-order valence-corrected chi connectivity index (χ1v) is 7.82. The zero-order valence-corrected chi connectivity index (χ0v) is 12.9. The molecule has 1 unspecified atom stereocenters. The van der Waals surface area contributed by atoms with E-state index in [0.29, 0.717) is 12.3 Å². The zero-order valence-electron chi connectivity index (χ0n) is 12.9. The van der Waals surface area contributed by atoms with Crippen LogP contribution in [0.25, 0.3) is 0 Å². The van der Waals surface area contributed by atoms with Crippen LogP contribution in [0.4, 0.5) is 10.1 Å². The molecule has 23 heavy (non-hydrogen) atoms. The van der Waals surface area contributed by atoms with Crippen molar-refractivity contribution in [1.82, 2.24) is 4.90 Å². The van der Waals surface area contributed by atoms with Gasteiger partial charge in [-0.25, -0.2) is 4.39 Å². The maximum absolute atomic E-state index is 12.9. The highest BCUT2D eigenvalue weighted by atomic mass is 19.1. The van der Waals surface area contributed by atoms with Gasteiger partial charge in [-0.05, 0) is 29.8 Å². The molecule has 0 bridgehead atoms. The minimum atomic E-state index is -0.618. The maximum Gasteiger partial charge on any atom is 0.138 e. The van der Waals surface area contributed by atoms with Crippen molar-refractivity contribution < 1.29 is 14.6 Å². The van der Waals surface area contributed by atoms with Gasteiger partial charge in [0.1, 0.15) is 11.6 Å². The lowest BCUT2D eigenvalue weighted by atomic mass is 10.1. The van der Waals surface area contributed by atoms with Gasteiger partial charge in [-0.15, -0.1) is 0 Å². The van der Waals surface area contributed by atoms with Crippen molar-refractivity contribution in [3.05, 3.63) is 59.9 Å². The number of aromatic hydroxyl groups is 1. The molecule has 4 nitrogen and oxygen atoms in total. The smallest absolute Gasteiger partial charge is 0.138 e. The number of rotatable bonds is 4. The lowest BCUT2D eigenvalue weighted by molar-refractivity contribution is 0.109. The first kappa shape index (κ1) is 15.8. The Morgan fingerprint density at radius 3 is 2.26 bits per heavy atom. The first-order chi connectivity index (χ1) is 11.1. The highest BCUT2D eigenvalue weighted by molar-refractivity contribution is 5.57. The number of anilines is 1. The van der Waals surface area contributed by atoms with Gasteiger partial charge in [0.25, 0.3) is 0 Å². The number of aliphatic hydroxyl groups is 1. The van der Waals surface area contributed by atoms with Gasteiger partial charge in [-0.3, -0.25) is 4.90 Å². The van der Waals surface area contributed by atoms with E-state index in [4.69, 9.17) is 0 Å². The molecule has 0 amide bonds. The van der Waals surface area contributed by atoms with Crippen LogP contribution in [-0.2, 0) is 0 Å². The van der Waals surface area contributed by atoms with Crippen molar-refractivity contribution in [3.8, 4) is 5.75 Å². The Bertz CT molecular complexity index is 640. The van der Waals surface area contributed by atoms with Crippen molar-refractivity contribution in [2.45, 2.75) is 6.10 Å². The van der Waals surface area contributed by atoms with Crippen molar-refractivity contribution in [2.24, 2.45) is 0 Å². The van der Waals surface area contributed by atoms with E-state index in [-0.39, 0.29) is 5.82 Å². The summed E-state index contributed by atoms with van der Waals surface area (Å²) in [5.41, 5.74) is 1.58. The van der Waals surface area contributed by atoms with E-state index in [1.807, 2.05) is 18.2 Å². The number of piperazine rings is 1. The largest absolute Gasteiger partial charge is 0.506 e. The molecule has 5 heteroatoms.